The minimum Gasteiger partial charge on any atom is -0.347 e. The van der Waals surface area contributed by atoms with Gasteiger partial charge in [0, 0.05) is 12.7 Å². The highest BCUT2D eigenvalue weighted by atomic mass is 32.2. The van der Waals surface area contributed by atoms with Crippen LogP contribution in [0.2, 0.25) is 0 Å². The third-order valence-electron chi connectivity index (χ3n) is 1.55. The van der Waals surface area contributed by atoms with E-state index in [1.165, 1.54) is 18.7 Å². The first-order valence-electron chi connectivity index (χ1n) is 4.07. The summed E-state index contributed by atoms with van der Waals surface area (Å²) in [6.07, 6.45) is 0. The van der Waals surface area contributed by atoms with Crippen LogP contribution in [0.1, 0.15) is 13.8 Å². The highest BCUT2D eigenvalue weighted by Crippen LogP contribution is 2.01. The van der Waals surface area contributed by atoms with Gasteiger partial charge >= 0.3 is 0 Å². The summed E-state index contributed by atoms with van der Waals surface area (Å²) in [5.74, 6) is 1.32. The lowest BCUT2D eigenvalue weighted by molar-refractivity contribution is -0.119. The molecule has 1 amide bonds. The fourth-order valence-electron chi connectivity index (χ4n) is 0.733. The summed E-state index contributed by atoms with van der Waals surface area (Å²) in [5.41, 5.74) is 0. The maximum Gasteiger partial charge on any atom is 0.217 e. The van der Waals surface area contributed by atoms with Crippen LogP contribution in [-0.4, -0.2) is 36.4 Å². The van der Waals surface area contributed by atoms with Crippen LogP contribution in [0.15, 0.2) is 0 Å². The summed E-state index contributed by atoms with van der Waals surface area (Å²) in [6.45, 7) is 3.03. The second-order valence-electron chi connectivity index (χ2n) is 2.70. The van der Waals surface area contributed by atoms with Crippen LogP contribution < -0.4 is 10.6 Å². The number of carbonyl (C=O) groups excluding carboxylic acids is 2. The highest BCUT2D eigenvalue weighted by Gasteiger charge is 2.10. The zero-order valence-corrected chi connectivity index (χ0v) is 9.03. The van der Waals surface area contributed by atoms with Crippen molar-refractivity contribution in [1.82, 2.24) is 10.6 Å². The number of thioether (sulfide) groups is 1. The Labute approximate surface area is 82.8 Å². The molecule has 0 aliphatic carbocycles. The molecule has 0 saturated heterocycles. The zero-order valence-electron chi connectivity index (χ0n) is 8.22. The number of hydrogen-bond donors (Lipinski definition) is 2. The third kappa shape index (κ3) is 6.60. The Bertz CT molecular complexity index is 185. The van der Waals surface area contributed by atoms with Crippen LogP contribution >= 0.6 is 11.8 Å². The van der Waals surface area contributed by atoms with Crippen molar-refractivity contribution in [3.63, 3.8) is 0 Å². The van der Waals surface area contributed by atoms with E-state index in [0.717, 1.165) is 0 Å². The van der Waals surface area contributed by atoms with Gasteiger partial charge in [0.2, 0.25) is 5.91 Å². The molecule has 76 valence electrons. The van der Waals surface area contributed by atoms with Gasteiger partial charge in [-0.15, -0.1) is 11.8 Å². The maximum absolute atomic E-state index is 10.9. The van der Waals surface area contributed by atoms with Gasteiger partial charge in [-0.25, -0.2) is 0 Å². The van der Waals surface area contributed by atoms with Crippen molar-refractivity contribution in [2.75, 3.05) is 18.7 Å². The number of carbonyl (C=O) groups is 2. The van der Waals surface area contributed by atoms with Crippen molar-refractivity contribution < 1.29 is 9.59 Å². The predicted octanol–water partition coefficient (Wildman–Crippen LogP) is -0.00980. The molecule has 0 bridgehead atoms. The van der Waals surface area contributed by atoms with E-state index in [0.29, 0.717) is 11.6 Å². The first-order chi connectivity index (χ1) is 6.07. The molecule has 13 heavy (non-hydrogen) atoms. The first-order valence-corrected chi connectivity index (χ1v) is 5.23. The molecule has 0 spiro atoms. The molecule has 0 aliphatic rings. The summed E-state index contributed by atoms with van der Waals surface area (Å²) >= 11 is 1.53. The van der Waals surface area contributed by atoms with Crippen LogP contribution in [0.3, 0.4) is 0 Å². The molecule has 0 rings (SSSR count). The summed E-state index contributed by atoms with van der Waals surface area (Å²) in [5, 5.41) is 5.56. The third-order valence-corrected chi connectivity index (χ3v) is 2.46. The summed E-state index contributed by atoms with van der Waals surface area (Å²) < 4.78 is 0. The van der Waals surface area contributed by atoms with Crippen molar-refractivity contribution in [3.8, 4) is 0 Å². The van der Waals surface area contributed by atoms with E-state index >= 15 is 0 Å². The molecule has 0 fully saturated rings. The minimum atomic E-state index is -0.112. The van der Waals surface area contributed by atoms with E-state index in [1.54, 1.807) is 14.0 Å². The SMILES string of the molecule is CNC(CSCNC(C)=O)C(C)=O. The molecule has 1 atom stereocenters. The van der Waals surface area contributed by atoms with Crippen LogP contribution in [0, 0.1) is 0 Å². The van der Waals surface area contributed by atoms with Gasteiger partial charge in [0.1, 0.15) is 5.78 Å². The second-order valence-corrected chi connectivity index (χ2v) is 3.73. The van der Waals surface area contributed by atoms with Crippen LogP contribution in [0.25, 0.3) is 0 Å². The lowest BCUT2D eigenvalue weighted by Crippen LogP contribution is -2.35. The van der Waals surface area contributed by atoms with Gasteiger partial charge in [0.25, 0.3) is 0 Å². The number of hydrogen-bond acceptors (Lipinski definition) is 4. The molecule has 0 aromatic rings. The van der Waals surface area contributed by atoms with Gasteiger partial charge in [-0.2, -0.15) is 0 Å². The Hall–Kier alpha value is -0.550. The van der Waals surface area contributed by atoms with Gasteiger partial charge in [-0.1, -0.05) is 0 Å². The van der Waals surface area contributed by atoms with E-state index < -0.39 is 0 Å². The molecule has 0 heterocycles. The minimum absolute atomic E-state index is 0.0451. The topological polar surface area (TPSA) is 58.2 Å². The lowest BCUT2D eigenvalue weighted by Gasteiger charge is -2.11. The fourth-order valence-corrected chi connectivity index (χ4v) is 1.79. The van der Waals surface area contributed by atoms with E-state index in [9.17, 15) is 9.59 Å². The molecule has 1 unspecified atom stereocenters. The van der Waals surface area contributed by atoms with Crippen LogP contribution in [0.4, 0.5) is 0 Å². The first kappa shape index (κ1) is 12.4. The fraction of sp³-hybridized carbons (Fsp3) is 0.750. The quantitative estimate of drug-likeness (QED) is 0.472. The summed E-state index contributed by atoms with van der Waals surface area (Å²) in [6, 6.07) is -0.112. The molecule has 5 heteroatoms. The van der Waals surface area contributed by atoms with Gasteiger partial charge in [-0.3, -0.25) is 9.59 Å². The Morgan fingerprint density at radius 3 is 2.38 bits per heavy atom. The zero-order chi connectivity index (χ0) is 10.3. The molecular weight excluding hydrogens is 188 g/mol. The molecule has 2 N–H and O–H groups in total. The highest BCUT2D eigenvalue weighted by molar-refractivity contribution is 7.99. The molecular formula is C8H16N2O2S. The number of likely N-dealkylation sites (N-methyl/N-ethyl adjacent to an activating group) is 1. The van der Waals surface area contributed by atoms with Gasteiger partial charge < -0.3 is 10.6 Å². The standard InChI is InChI=1S/C8H16N2O2S/c1-6(11)8(9-3)4-13-5-10-7(2)12/h8-9H,4-5H2,1-3H3,(H,10,12). The van der Waals surface area contributed by atoms with E-state index in [4.69, 9.17) is 0 Å². The smallest absolute Gasteiger partial charge is 0.217 e. The number of Topliss-reactive ketones (excluding diaryl/α,β-unsaturated/α-hetero) is 1. The number of nitrogens with one attached hydrogen (secondary N) is 2. The number of rotatable bonds is 6. The number of ketones is 1. The van der Waals surface area contributed by atoms with Crippen molar-refractivity contribution in [2.24, 2.45) is 0 Å². The lowest BCUT2D eigenvalue weighted by atomic mass is 10.2. The Morgan fingerprint density at radius 2 is 2.00 bits per heavy atom. The molecule has 0 aliphatic heterocycles. The maximum atomic E-state index is 10.9. The molecule has 0 radical (unpaired) electrons. The van der Waals surface area contributed by atoms with Crippen molar-refractivity contribution in [2.45, 2.75) is 19.9 Å². The normalized spacial score (nSPS) is 12.2. The van der Waals surface area contributed by atoms with Gasteiger partial charge in [0.05, 0.1) is 11.9 Å². The van der Waals surface area contributed by atoms with Gasteiger partial charge in [-0.05, 0) is 14.0 Å². The van der Waals surface area contributed by atoms with Gasteiger partial charge in [0.15, 0.2) is 0 Å². The molecule has 4 nitrogen and oxygen atoms in total. The Morgan fingerprint density at radius 1 is 1.38 bits per heavy atom. The predicted molar refractivity (Wildman–Crippen MR) is 54.7 cm³/mol. The van der Waals surface area contributed by atoms with E-state index in [1.807, 2.05) is 0 Å². The summed E-state index contributed by atoms with van der Waals surface area (Å²) in [7, 11) is 1.75. The van der Waals surface area contributed by atoms with Crippen LogP contribution in [-0.2, 0) is 9.59 Å². The monoisotopic (exact) mass is 204 g/mol. The van der Waals surface area contributed by atoms with Crippen molar-refractivity contribution in [3.05, 3.63) is 0 Å². The number of amides is 1. The van der Waals surface area contributed by atoms with Crippen LogP contribution in [0.5, 0.6) is 0 Å². The molecule has 0 aromatic carbocycles. The largest absolute Gasteiger partial charge is 0.347 e. The summed E-state index contributed by atoms with van der Waals surface area (Å²) in [4.78, 5) is 21.4. The van der Waals surface area contributed by atoms with E-state index in [-0.39, 0.29) is 17.7 Å². The van der Waals surface area contributed by atoms with Crippen molar-refractivity contribution in [1.29, 1.82) is 0 Å². The average Bonchev–Trinajstić information content (AvgIpc) is 2.03. The molecule has 0 saturated carbocycles. The van der Waals surface area contributed by atoms with E-state index in [2.05, 4.69) is 10.6 Å². The molecule has 0 aromatic heterocycles. The Kier molecular flexibility index (Phi) is 6.62. The van der Waals surface area contributed by atoms with Crippen molar-refractivity contribution >= 4 is 23.5 Å². The second kappa shape index (κ2) is 6.91. The Balaban J connectivity index is 3.50. The average molecular weight is 204 g/mol.